The number of hydrogen-bond acceptors (Lipinski definition) is 4. The summed E-state index contributed by atoms with van der Waals surface area (Å²) in [6.45, 7) is 9.75. The lowest BCUT2D eigenvalue weighted by atomic mass is 9.98. The second-order valence-electron chi connectivity index (χ2n) is 7.22. The Morgan fingerprint density at radius 2 is 2.12 bits per heavy atom. The molecule has 3 rings (SSSR count). The zero-order chi connectivity index (χ0) is 18.5. The fraction of sp³-hybridized carbons (Fsp3) is 0.550. The topological polar surface area (TPSA) is 63.1 Å². The number of pyridine rings is 1. The van der Waals surface area contributed by atoms with Crippen LogP contribution in [0.15, 0.2) is 30.6 Å². The minimum absolute atomic E-state index is 0.0995. The molecule has 6 heteroatoms. The van der Waals surface area contributed by atoms with Crippen LogP contribution < -0.4 is 5.32 Å². The van der Waals surface area contributed by atoms with Gasteiger partial charge in [0.15, 0.2) is 0 Å². The summed E-state index contributed by atoms with van der Waals surface area (Å²) < 4.78 is 1.99. The first-order chi connectivity index (χ1) is 12.6. The monoisotopic (exact) mass is 355 g/mol. The fourth-order valence-electron chi connectivity index (χ4n) is 3.70. The van der Waals surface area contributed by atoms with E-state index >= 15 is 0 Å². The molecule has 1 N–H and O–H groups in total. The maximum absolute atomic E-state index is 12.9. The van der Waals surface area contributed by atoms with Crippen LogP contribution in [-0.4, -0.2) is 51.8 Å². The van der Waals surface area contributed by atoms with Gasteiger partial charge in [-0.1, -0.05) is 13.0 Å². The van der Waals surface area contributed by atoms with Gasteiger partial charge in [0.25, 0.3) is 5.91 Å². The van der Waals surface area contributed by atoms with Gasteiger partial charge in [-0.05, 0) is 45.4 Å². The maximum Gasteiger partial charge on any atom is 0.257 e. The summed E-state index contributed by atoms with van der Waals surface area (Å²) in [6, 6.07) is 6.23. The third-order valence-electron chi connectivity index (χ3n) is 5.21. The average Bonchev–Trinajstić information content (AvgIpc) is 2.86. The molecule has 6 nitrogen and oxygen atoms in total. The van der Waals surface area contributed by atoms with Gasteiger partial charge in [-0.2, -0.15) is 5.10 Å². The molecule has 0 aromatic carbocycles. The standard InChI is InChI=1S/C20H29N5O/c1-15(19-7-4-5-9-22-19)13-16(2)25-17(3)18(14-23-25)20(26)24-11-6-8-21-10-12-24/h4-5,7,9,14-16,21H,6,8,10-13H2,1-3H3. The molecule has 140 valence electrons. The summed E-state index contributed by atoms with van der Waals surface area (Å²) in [5.74, 6) is 0.438. The summed E-state index contributed by atoms with van der Waals surface area (Å²) >= 11 is 0. The second kappa shape index (κ2) is 8.45. The Kier molecular flexibility index (Phi) is 6.04. The molecule has 0 saturated carbocycles. The number of carbonyl (C=O) groups excluding carboxylic acids is 1. The minimum atomic E-state index is 0.0995. The van der Waals surface area contributed by atoms with Crippen LogP contribution in [0.5, 0.6) is 0 Å². The van der Waals surface area contributed by atoms with Gasteiger partial charge in [0.05, 0.1) is 17.8 Å². The van der Waals surface area contributed by atoms with Crippen LogP contribution in [0.25, 0.3) is 0 Å². The van der Waals surface area contributed by atoms with Crippen molar-refractivity contribution in [1.82, 2.24) is 25.0 Å². The second-order valence-corrected chi connectivity index (χ2v) is 7.22. The van der Waals surface area contributed by atoms with E-state index in [2.05, 4.69) is 35.3 Å². The van der Waals surface area contributed by atoms with Gasteiger partial charge in [0.1, 0.15) is 0 Å². The minimum Gasteiger partial charge on any atom is -0.337 e. The van der Waals surface area contributed by atoms with E-state index in [-0.39, 0.29) is 11.9 Å². The van der Waals surface area contributed by atoms with E-state index in [0.717, 1.165) is 56.0 Å². The van der Waals surface area contributed by atoms with Crippen molar-refractivity contribution in [2.24, 2.45) is 0 Å². The predicted octanol–water partition coefficient (Wildman–Crippen LogP) is 2.78. The molecule has 1 aliphatic rings. The largest absolute Gasteiger partial charge is 0.337 e. The molecule has 1 saturated heterocycles. The molecule has 26 heavy (non-hydrogen) atoms. The van der Waals surface area contributed by atoms with Gasteiger partial charge in [0.2, 0.25) is 0 Å². The third kappa shape index (κ3) is 4.12. The molecule has 0 radical (unpaired) electrons. The molecule has 3 heterocycles. The van der Waals surface area contributed by atoms with Gasteiger partial charge in [-0.15, -0.1) is 0 Å². The zero-order valence-electron chi connectivity index (χ0n) is 16.0. The maximum atomic E-state index is 12.9. The molecule has 1 fully saturated rings. The van der Waals surface area contributed by atoms with Crippen LogP contribution in [0.1, 0.15) is 60.4 Å². The summed E-state index contributed by atoms with van der Waals surface area (Å²) in [4.78, 5) is 19.3. The summed E-state index contributed by atoms with van der Waals surface area (Å²) in [7, 11) is 0. The average molecular weight is 355 g/mol. The molecule has 0 spiro atoms. The first-order valence-electron chi connectivity index (χ1n) is 9.53. The van der Waals surface area contributed by atoms with Crippen LogP contribution in [0.3, 0.4) is 0 Å². The van der Waals surface area contributed by atoms with Crippen LogP contribution in [0.4, 0.5) is 0 Å². The number of carbonyl (C=O) groups is 1. The van der Waals surface area contributed by atoms with E-state index in [4.69, 9.17) is 0 Å². The highest BCUT2D eigenvalue weighted by Crippen LogP contribution is 2.26. The number of amides is 1. The van der Waals surface area contributed by atoms with E-state index in [1.165, 1.54) is 0 Å². The van der Waals surface area contributed by atoms with E-state index in [1.54, 1.807) is 6.20 Å². The molecule has 1 aliphatic heterocycles. The molecule has 0 bridgehead atoms. The Bertz CT molecular complexity index is 719. The van der Waals surface area contributed by atoms with Crippen molar-refractivity contribution in [3.05, 3.63) is 47.5 Å². The Hall–Kier alpha value is -2.21. The first kappa shape index (κ1) is 18.6. The van der Waals surface area contributed by atoms with E-state index < -0.39 is 0 Å². The van der Waals surface area contributed by atoms with Crippen LogP contribution in [0, 0.1) is 6.92 Å². The summed E-state index contributed by atoms with van der Waals surface area (Å²) in [5.41, 5.74) is 2.77. The molecule has 2 aromatic rings. The third-order valence-corrected chi connectivity index (χ3v) is 5.21. The van der Waals surface area contributed by atoms with Gasteiger partial charge < -0.3 is 10.2 Å². The highest BCUT2D eigenvalue weighted by Gasteiger charge is 2.23. The van der Waals surface area contributed by atoms with Gasteiger partial charge in [-0.25, -0.2) is 0 Å². The normalized spacial score (nSPS) is 17.6. The Balaban J connectivity index is 1.70. The van der Waals surface area contributed by atoms with Crippen LogP contribution in [0.2, 0.25) is 0 Å². The first-order valence-corrected chi connectivity index (χ1v) is 9.53. The number of aromatic nitrogens is 3. The molecule has 2 atom stereocenters. The lowest BCUT2D eigenvalue weighted by Gasteiger charge is -2.21. The van der Waals surface area contributed by atoms with E-state index in [9.17, 15) is 4.79 Å². The smallest absolute Gasteiger partial charge is 0.257 e. The molecular weight excluding hydrogens is 326 g/mol. The van der Waals surface area contributed by atoms with Gasteiger partial charge in [0, 0.05) is 43.1 Å². The fourth-order valence-corrected chi connectivity index (χ4v) is 3.70. The van der Waals surface area contributed by atoms with Gasteiger partial charge >= 0.3 is 0 Å². The number of hydrogen-bond donors (Lipinski definition) is 1. The van der Waals surface area contributed by atoms with Crippen LogP contribution in [-0.2, 0) is 0 Å². The van der Waals surface area contributed by atoms with E-state index in [1.807, 2.05) is 34.8 Å². The van der Waals surface area contributed by atoms with Crippen molar-refractivity contribution in [3.63, 3.8) is 0 Å². The van der Waals surface area contributed by atoms with Crippen LogP contribution >= 0.6 is 0 Å². The number of rotatable bonds is 5. The Morgan fingerprint density at radius 3 is 2.88 bits per heavy atom. The molecule has 2 aromatic heterocycles. The lowest BCUT2D eigenvalue weighted by Crippen LogP contribution is -2.34. The van der Waals surface area contributed by atoms with Crippen molar-refractivity contribution in [2.45, 2.75) is 45.6 Å². The number of nitrogens with zero attached hydrogens (tertiary/aromatic N) is 4. The molecular formula is C20H29N5O. The van der Waals surface area contributed by atoms with Crippen molar-refractivity contribution >= 4 is 5.91 Å². The highest BCUT2D eigenvalue weighted by atomic mass is 16.2. The van der Waals surface area contributed by atoms with Crippen molar-refractivity contribution in [1.29, 1.82) is 0 Å². The Labute approximate surface area is 155 Å². The zero-order valence-corrected chi connectivity index (χ0v) is 16.0. The number of nitrogens with one attached hydrogen (secondary N) is 1. The van der Waals surface area contributed by atoms with Crippen molar-refractivity contribution in [2.75, 3.05) is 26.2 Å². The Morgan fingerprint density at radius 1 is 1.27 bits per heavy atom. The quantitative estimate of drug-likeness (QED) is 0.896. The van der Waals surface area contributed by atoms with E-state index in [0.29, 0.717) is 5.92 Å². The molecule has 0 aliphatic carbocycles. The lowest BCUT2D eigenvalue weighted by molar-refractivity contribution is 0.0765. The summed E-state index contributed by atoms with van der Waals surface area (Å²) in [6.07, 6.45) is 5.50. The van der Waals surface area contributed by atoms with Gasteiger partial charge in [-0.3, -0.25) is 14.5 Å². The highest BCUT2D eigenvalue weighted by molar-refractivity contribution is 5.95. The van der Waals surface area contributed by atoms with Crippen molar-refractivity contribution in [3.8, 4) is 0 Å². The molecule has 2 unspecified atom stereocenters. The predicted molar refractivity (Wildman–Crippen MR) is 102 cm³/mol. The van der Waals surface area contributed by atoms with Crippen molar-refractivity contribution < 1.29 is 4.79 Å². The molecule has 1 amide bonds. The summed E-state index contributed by atoms with van der Waals surface area (Å²) in [5, 5.41) is 7.87. The SMILES string of the molecule is Cc1c(C(=O)N2CCCNCC2)cnn1C(C)CC(C)c1ccccn1.